The summed E-state index contributed by atoms with van der Waals surface area (Å²) in [5.41, 5.74) is 8.85. The van der Waals surface area contributed by atoms with Crippen LogP contribution in [0.5, 0.6) is 5.75 Å². The molecule has 0 amide bonds. The van der Waals surface area contributed by atoms with E-state index in [1.54, 1.807) is 25.3 Å². The van der Waals surface area contributed by atoms with E-state index in [2.05, 4.69) is 9.97 Å². The van der Waals surface area contributed by atoms with Crippen LogP contribution in [0.1, 0.15) is 30.8 Å². The number of nitrogen functional groups attached to an aromatic ring is 1. The van der Waals surface area contributed by atoms with Crippen LogP contribution in [0.3, 0.4) is 0 Å². The Morgan fingerprint density at radius 1 is 1.45 bits per heavy atom. The molecule has 0 bridgehead atoms. The second kappa shape index (κ2) is 5.63. The molecule has 2 heterocycles. The van der Waals surface area contributed by atoms with Gasteiger partial charge >= 0.3 is 5.97 Å². The van der Waals surface area contributed by atoms with Crippen LogP contribution in [0.15, 0.2) is 24.4 Å². The van der Waals surface area contributed by atoms with Crippen LogP contribution in [-0.2, 0) is 9.53 Å². The highest BCUT2D eigenvalue weighted by atomic mass is 16.5. The summed E-state index contributed by atoms with van der Waals surface area (Å²) in [4.78, 5) is 20.5. The lowest BCUT2D eigenvalue weighted by Gasteiger charge is -2.27. The van der Waals surface area contributed by atoms with E-state index in [-0.39, 0.29) is 12.4 Å². The van der Waals surface area contributed by atoms with Gasteiger partial charge in [-0.05, 0) is 32.0 Å². The number of nitrogens with zero attached hydrogens (tertiary/aromatic N) is 2. The average Bonchev–Trinajstić information content (AvgIpc) is 2.48. The lowest BCUT2D eigenvalue weighted by Crippen LogP contribution is -2.20. The molecule has 1 aromatic heterocycles. The number of rotatable bonds is 3. The second-order valence-corrected chi connectivity index (χ2v) is 5.09. The predicted octanol–water partition coefficient (Wildman–Crippen LogP) is 2.42. The van der Waals surface area contributed by atoms with Gasteiger partial charge in [0.25, 0.3) is 0 Å². The van der Waals surface area contributed by atoms with Gasteiger partial charge in [0.15, 0.2) is 0 Å². The van der Waals surface area contributed by atoms with E-state index in [1.165, 1.54) is 0 Å². The fourth-order valence-electron chi connectivity index (χ4n) is 2.51. The van der Waals surface area contributed by atoms with Crippen molar-refractivity contribution in [2.75, 3.05) is 12.3 Å². The molecule has 22 heavy (non-hydrogen) atoms. The zero-order valence-electron chi connectivity index (χ0n) is 12.5. The van der Waals surface area contributed by atoms with E-state index in [0.29, 0.717) is 23.9 Å². The SMILES string of the molecule is CCOC(=O)CC1Oc2ccc(N)cc2-c2nc(C)ncc21. The van der Waals surface area contributed by atoms with Crippen molar-refractivity contribution >= 4 is 11.7 Å². The molecule has 114 valence electrons. The summed E-state index contributed by atoms with van der Waals surface area (Å²) in [5.74, 6) is 1.01. The molecule has 0 radical (unpaired) electrons. The third-order valence-corrected chi connectivity index (χ3v) is 3.47. The Morgan fingerprint density at radius 2 is 2.27 bits per heavy atom. The number of benzene rings is 1. The van der Waals surface area contributed by atoms with Crippen LogP contribution in [0, 0.1) is 6.92 Å². The number of aryl methyl sites for hydroxylation is 1. The van der Waals surface area contributed by atoms with Crippen molar-refractivity contribution in [2.45, 2.75) is 26.4 Å². The Hall–Kier alpha value is -2.63. The Kier molecular flexibility index (Phi) is 3.66. The Balaban J connectivity index is 2.04. The van der Waals surface area contributed by atoms with Crippen molar-refractivity contribution in [3.05, 3.63) is 35.8 Å². The van der Waals surface area contributed by atoms with E-state index in [4.69, 9.17) is 15.2 Å². The van der Waals surface area contributed by atoms with Gasteiger partial charge in [0.1, 0.15) is 17.7 Å². The van der Waals surface area contributed by atoms with Gasteiger partial charge in [0, 0.05) is 23.0 Å². The van der Waals surface area contributed by atoms with Gasteiger partial charge in [0.2, 0.25) is 0 Å². The minimum absolute atomic E-state index is 0.122. The molecule has 1 aliphatic heterocycles. The number of aromatic nitrogens is 2. The van der Waals surface area contributed by atoms with Gasteiger partial charge in [0.05, 0.1) is 18.7 Å². The smallest absolute Gasteiger partial charge is 0.309 e. The zero-order chi connectivity index (χ0) is 15.7. The molecule has 2 aromatic rings. The maximum atomic E-state index is 11.8. The van der Waals surface area contributed by atoms with E-state index in [9.17, 15) is 4.79 Å². The van der Waals surface area contributed by atoms with E-state index in [0.717, 1.165) is 16.8 Å². The fraction of sp³-hybridized carbons (Fsp3) is 0.312. The molecule has 1 aliphatic rings. The molecule has 6 nitrogen and oxygen atoms in total. The summed E-state index contributed by atoms with van der Waals surface area (Å²) in [6.45, 7) is 3.94. The second-order valence-electron chi connectivity index (χ2n) is 5.09. The highest BCUT2D eigenvalue weighted by Crippen LogP contribution is 2.43. The molecule has 0 aliphatic carbocycles. The topological polar surface area (TPSA) is 87.3 Å². The molecule has 0 fully saturated rings. The van der Waals surface area contributed by atoms with Crippen molar-refractivity contribution in [1.82, 2.24) is 9.97 Å². The molecule has 0 saturated heterocycles. The fourth-order valence-corrected chi connectivity index (χ4v) is 2.51. The zero-order valence-corrected chi connectivity index (χ0v) is 12.5. The van der Waals surface area contributed by atoms with Crippen LogP contribution >= 0.6 is 0 Å². The van der Waals surface area contributed by atoms with Crippen LogP contribution < -0.4 is 10.5 Å². The van der Waals surface area contributed by atoms with Crippen molar-refractivity contribution in [3.8, 4) is 17.0 Å². The van der Waals surface area contributed by atoms with Crippen LogP contribution in [0.4, 0.5) is 5.69 Å². The summed E-state index contributed by atoms with van der Waals surface area (Å²) >= 11 is 0. The molecular formula is C16H17N3O3. The van der Waals surface area contributed by atoms with E-state index >= 15 is 0 Å². The normalized spacial score (nSPS) is 15.5. The predicted molar refractivity (Wildman–Crippen MR) is 81.2 cm³/mol. The number of hydrogen-bond acceptors (Lipinski definition) is 6. The summed E-state index contributed by atoms with van der Waals surface area (Å²) in [7, 11) is 0. The van der Waals surface area contributed by atoms with Crippen molar-refractivity contribution in [3.63, 3.8) is 0 Å². The van der Waals surface area contributed by atoms with Gasteiger partial charge in [-0.2, -0.15) is 0 Å². The highest BCUT2D eigenvalue weighted by molar-refractivity contribution is 5.77. The number of ether oxygens (including phenoxy) is 2. The molecule has 2 N–H and O–H groups in total. The third-order valence-electron chi connectivity index (χ3n) is 3.47. The molecule has 0 saturated carbocycles. The van der Waals surface area contributed by atoms with Crippen molar-refractivity contribution < 1.29 is 14.3 Å². The number of esters is 1. The average molecular weight is 299 g/mol. The first-order valence-corrected chi connectivity index (χ1v) is 7.14. The van der Waals surface area contributed by atoms with Gasteiger partial charge in [-0.3, -0.25) is 4.79 Å². The lowest BCUT2D eigenvalue weighted by molar-refractivity contribution is -0.145. The number of fused-ring (bicyclic) bond motifs is 3. The first kappa shape index (κ1) is 14.3. The standard InChI is InChI=1S/C16H17N3O3/c1-3-21-15(20)7-14-12-8-18-9(2)19-16(12)11-6-10(17)4-5-13(11)22-14/h4-6,8,14H,3,7,17H2,1-2H3. The molecule has 6 heteroatoms. The maximum Gasteiger partial charge on any atom is 0.309 e. The highest BCUT2D eigenvalue weighted by Gasteiger charge is 2.30. The summed E-state index contributed by atoms with van der Waals surface area (Å²) in [6.07, 6.45) is 1.37. The largest absolute Gasteiger partial charge is 0.484 e. The summed E-state index contributed by atoms with van der Waals surface area (Å²) in [6, 6.07) is 5.38. The minimum atomic E-state index is -0.453. The van der Waals surface area contributed by atoms with Crippen LogP contribution in [-0.4, -0.2) is 22.5 Å². The number of hydrogen-bond donors (Lipinski definition) is 1. The summed E-state index contributed by atoms with van der Waals surface area (Å²) < 4.78 is 10.9. The lowest BCUT2D eigenvalue weighted by atomic mass is 9.96. The number of carbonyl (C=O) groups is 1. The Bertz CT molecular complexity index is 731. The van der Waals surface area contributed by atoms with Crippen LogP contribution in [0.2, 0.25) is 0 Å². The number of nitrogens with two attached hydrogens (primary N) is 1. The van der Waals surface area contributed by atoms with Crippen molar-refractivity contribution in [1.29, 1.82) is 0 Å². The van der Waals surface area contributed by atoms with E-state index in [1.807, 2.05) is 13.0 Å². The molecule has 1 aromatic carbocycles. The number of carbonyl (C=O) groups excluding carboxylic acids is 1. The minimum Gasteiger partial charge on any atom is -0.484 e. The van der Waals surface area contributed by atoms with Gasteiger partial charge in [-0.1, -0.05) is 0 Å². The molecule has 3 rings (SSSR count). The molecule has 1 atom stereocenters. The molecule has 0 spiro atoms. The van der Waals surface area contributed by atoms with Gasteiger partial charge < -0.3 is 15.2 Å². The molecule has 1 unspecified atom stereocenters. The maximum absolute atomic E-state index is 11.8. The quantitative estimate of drug-likeness (QED) is 0.691. The third kappa shape index (κ3) is 2.59. The van der Waals surface area contributed by atoms with E-state index < -0.39 is 6.10 Å². The first-order chi connectivity index (χ1) is 10.6. The summed E-state index contributed by atoms with van der Waals surface area (Å²) in [5, 5.41) is 0. The Morgan fingerprint density at radius 3 is 3.05 bits per heavy atom. The van der Waals surface area contributed by atoms with Gasteiger partial charge in [-0.15, -0.1) is 0 Å². The van der Waals surface area contributed by atoms with Gasteiger partial charge in [-0.25, -0.2) is 9.97 Å². The molecular weight excluding hydrogens is 282 g/mol. The number of anilines is 1. The van der Waals surface area contributed by atoms with Crippen molar-refractivity contribution in [2.24, 2.45) is 0 Å². The first-order valence-electron chi connectivity index (χ1n) is 7.14. The monoisotopic (exact) mass is 299 g/mol. The Labute approximate surface area is 128 Å². The van der Waals surface area contributed by atoms with Crippen LogP contribution in [0.25, 0.3) is 11.3 Å².